The fourth-order valence-electron chi connectivity index (χ4n) is 1.36. The van der Waals surface area contributed by atoms with E-state index in [0.29, 0.717) is 0 Å². The van der Waals surface area contributed by atoms with Gasteiger partial charge in [-0.25, -0.2) is 0 Å². The molecular formula is C19H51Br4Cl2LiMgSi5. The van der Waals surface area contributed by atoms with Gasteiger partial charge in [-0.05, 0) is 0 Å². The molecule has 0 spiro atoms. The zero-order valence-corrected chi connectivity index (χ0v) is 38.2. The summed E-state index contributed by atoms with van der Waals surface area (Å²) in [5.74, 6) is 0. The summed E-state index contributed by atoms with van der Waals surface area (Å²) in [5.41, 5.74) is 0. The third-order valence-corrected chi connectivity index (χ3v) is 17.0. The molecule has 1 unspecified atom stereocenters. The molecule has 13 heteroatoms. The molecule has 0 rings (SSSR count). The molecule has 0 saturated heterocycles. The Bertz CT molecular complexity index is 337. The van der Waals surface area contributed by atoms with Gasteiger partial charge >= 0.3 is 41.9 Å². The predicted octanol–water partition coefficient (Wildman–Crippen LogP) is 0.136. The fraction of sp³-hybridized carbons (Fsp3) is 0.947. The van der Waals surface area contributed by atoms with Crippen LogP contribution in [0.3, 0.4) is 0 Å². The number of rotatable bonds is 7. The Morgan fingerprint density at radius 2 is 1.09 bits per heavy atom. The summed E-state index contributed by atoms with van der Waals surface area (Å²) in [4.78, 5) is 0. The van der Waals surface area contributed by atoms with Crippen molar-refractivity contribution in [1.29, 1.82) is 0 Å². The van der Waals surface area contributed by atoms with E-state index in [1.54, 1.807) is 0 Å². The molecule has 0 amide bonds. The molecule has 0 fully saturated rings. The summed E-state index contributed by atoms with van der Waals surface area (Å²) in [6.07, 6.45) is 0. The van der Waals surface area contributed by atoms with Gasteiger partial charge < -0.3 is 35.4 Å². The van der Waals surface area contributed by atoms with Crippen LogP contribution in [0, 0.1) is 6.04 Å². The standard InChI is InChI=1S/C7H19BrSi2.C7H19Si2.C3H9ClSi.C2H4Br2.BrH.ClH.Li.Mg/c1-9(2)6-7(8)10(3,4)5;1-8(2)6-7-9(3,4)5;1-5(2,3)4;3-1-2-4;;;;/h7,9H,6H2,1-5H3;7-8H,6H2,1-5H3;1-3H3;1-2H2;2*1H;;/q;-1;;;;;+1;+2/p-2. The van der Waals surface area contributed by atoms with Gasteiger partial charge in [0, 0.05) is 32.7 Å². The molecule has 0 radical (unpaired) electrons. The van der Waals surface area contributed by atoms with E-state index in [1.165, 1.54) is 12.1 Å². The summed E-state index contributed by atoms with van der Waals surface area (Å²) in [5, 5.41) is 2.10. The van der Waals surface area contributed by atoms with Gasteiger partial charge in [-0.1, -0.05) is 139 Å². The summed E-state index contributed by atoms with van der Waals surface area (Å²) < 4.78 is 0.853. The predicted molar refractivity (Wildman–Crippen MR) is 174 cm³/mol. The van der Waals surface area contributed by atoms with E-state index in [9.17, 15) is 0 Å². The summed E-state index contributed by atoms with van der Waals surface area (Å²) in [7, 11) is -3.45. The molecule has 32 heavy (non-hydrogen) atoms. The Morgan fingerprint density at radius 1 is 0.812 bits per heavy atom. The van der Waals surface area contributed by atoms with Crippen molar-refractivity contribution in [3.8, 4) is 0 Å². The van der Waals surface area contributed by atoms with Crippen molar-refractivity contribution in [1.82, 2.24) is 0 Å². The number of hydrogen-bond acceptors (Lipinski definition) is 0. The molecule has 0 aliphatic rings. The van der Waals surface area contributed by atoms with Crippen molar-refractivity contribution in [3.05, 3.63) is 6.04 Å². The molecule has 1 atom stereocenters. The molecule has 192 valence electrons. The molecule has 0 saturated carbocycles. The molecule has 0 aromatic heterocycles. The van der Waals surface area contributed by atoms with Crippen molar-refractivity contribution in [2.24, 2.45) is 0 Å². The van der Waals surface area contributed by atoms with E-state index < -0.39 is 23.5 Å². The number of hydrogen-bond donors (Lipinski definition) is 0. The second-order valence-electron chi connectivity index (χ2n) is 11.1. The molecule has 0 bridgehead atoms. The second-order valence-corrected chi connectivity index (χ2v) is 39.3. The van der Waals surface area contributed by atoms with E-state index >= 15 is 0 Å². The van der Waals surface area contributed by atoms with Gasteiger partial charge in [-0.2, -0.15) is 17.1 Å². The maximum atomic E-state index is 5.67. The van der Waals surface area contributed by atoms with Crippen LogP contribution in [0.2, 0.25) is 97.2 Å². The summed E-state index contributed by atoms with van der Waals surface area (Å²) in [6, 6.07) is 5.50. The van der Waals surface area contributed by atoms with Crippen molar-refractivity contribution in [2.75, 3.05) is 10.7 Å². The van der Waals surface area contributed by atoms with Crippen LogP contribution in [0.4, 0.5) is 0 Å². The second kappa shape index (κ2) is 32.2. The smallest absolute Gasteiger partial charge is 1.00 e. The normalized spacial score (nSPS) is 11.3. The van der Waals surface area contributed by atoms with Crippen LogP contribution < -0.4 is 48.2 Å². The molecule has 0 aliphatic heterocycles. The fourth-order valence-corrected chi connectivity index (χ4v) is 13.4. The van der Waals surface area contributed by atoms with Crippen LogP contribution in [0.25, 0.3) is 0 Å². The zero-order valence-electron chi connectivity index (χ0n) is 23.6. The van der Waals surface area contributed by atoms with E-state index in [-0.39, 0.29) is 88.9 Å². The Hall–Kier alpha value is 4.95. The van der Waals surface area contributed by atoms with Gasteiger partial charge in [-0.15, -0.1) is 8.07 Å². The largest absolute Gasteiger partial charge is 2.00 e. The Kier molecular flexibility index (Phi) is 57.3. The number of halogens is 6. The van der Waals surface area contributed by atoms with E-state index in [0.717, 1.165) is 15.1 Å². The first-order valence-corrected chi connectivity index (χ1v) is 31.5. The maximum Gasteiger partial charge on any atom is 2.00 e. The first kappa shape index (κ1) is 57.0. The quantitative estimate of drug-likeness (QED) is 0.148. The molecule has 0 heterocycles. The van der Waals surface area contributed by atoms with Gasteiger partial charge in [0.25, 0.3) is 0 Å². The van der Waals surface area contributed by atoms with Gasteiger partial charge in [0.1, 0.15) is 7.38 Å². The molecule has 0 aliphatic carbocycles. The summed E-state index contributed by atoms with van der Waals surface area (Å²) >= 11 is 15.9. The van der Waals surface area contributed by atoms with Gasteiger partial charge in [-0.3, -0.25) is 0 Å². The average molecular weight is 842 g/mol. The van der Waals surface area contributed by atoms with Crippen LogP contribution in [-0.2, 0) is 0 Å². The first-order valence-electron chi connectivity index (χ1n) is 10.5. The van der Waals surface area contributed by atoms with Crippen LogP contribution in [0.15, 0.2) is 0 Å². The van der Waals surface area contributed by atoms with Crippen molar-refractivity contribution < 1.29 is 48.2 Å². The van der Waals surface area contributed by atoms with Crippen molar-refractivity contribution in [2.45, 2.75) is 102 Å². The van der Waals surface area contributed by atoms with Crippen LogP contribution in [0.5, 0.6) is 0 Å². The minimum atomic E-state index is -1.14. The Morgan fingerprint density at radius 3 is 1.16 bits per heavy atom. The van der Waals surface area contributed by atoms with Gasteiger partial charge in [0.15, 0.2) is 0 Å². The van der Waals surface area contributed by atoms with Crippen LogP contribution in [0.1, 0.15) is 0 Å². The molecular weight excluding hydrogens is 790 g/mol. The van der Waals surface area contributed by atoms with Crippen molar-refractivity contribution in [3.63, 3.8) is 0 Å². The average Bonchev–Trinajstić information content (AvgIpc) is 2.42. The molecule has 0 aromatic carbocycles. The number of alkyl halides is 3. The van der Waals surface area contributed by atoms with Crippen LogP contribution >= 0.6 is 58.9 Å². The third-order valence-electron chi connectivity index (χ3n) is 2.89. The monoisotopic (exact) mass is 836 g/mol. The molecule has 0 N–H and O–H groups in total. The van der Waals surface area contributed by atoms with Gasteiger partial charge in [0.05, 0.1) is 8.07 Å². The Labute approximate surface area is 285 Å². The minimum absolute atomic E-state index is 0. The van der Waals surface area contributed by atoms with Gasteiger partial charge in [0.2, 0.25) is 0 Å². The third kappa shape index (κ3) is 83.6. The van der Waals surface area contributed by atoms with Crippen molar-refractivity contribution >= 4 is 123 Å². The SMILES string of the molecule is BrCCBr.C[SiH](C)CC(Br)[Si](C)(C)C.C[SiH](C)C[CH-][Si](C)(C)C.C[Si](C)(C)Cl.[Br-].[Cl-].[Li+].[Mg+2]. The van der Waals surface area contributed by atoms with E-state index in [2.05, 4.69) is 139 Å². The first-order chi connectivity index (χ1) is 12.2. The zero-order chi connectivity index (χ0) is 23.8. The van der Waals surface area contributed by atoms with E-state index in [4.69, 9.17) is 11.1 Å². The topological polar surface area (TPSA) is 0 Å². The van der Waals surface area contributed by atoms with E-state index in [1.807, 2.05) is 0 Å². The minimum Gasteiger partial charge on any atom is -1.00 e. The molecule has 0 nitrogen and oxygen atoms in total. The summed E-state index contributed by atoms with van der Waals surface area (Å²) in [6.45, 7) is 30.5. The maximum absolute atomic E-state index is 5.67. The van der Waals surface area contributed by atoms with Crippen LogP contribution in [-0.4, -0.2) is 79.3 Å². The molecule has 0 aromatic rings. The Balaban J connectivity index is -0.0000000405.